The van der Waals surface area contributed by atoms with Gasteiger partial charge in [-0.2, -0.15) is 4.31 Å². The number of hydrogen-bond acceptors (Lipinski definition) is 6. The Kier molecular flexibility index (Phi) is 10.5. The molecule has 4 aromatic carbocycles. The Balaban J connectivity index is 1.15. The second-order valence-electron chi connectivity index (χ2n) is 13.8. The molecule has 2 aliphatic heterocycles. The molecule has 2 fully saturated rings. The van der Waals surface area contributed by atoms with Gasteiger partial charge in [0.1, 0.15) is 18.1 Å². The van der Waals surface area contributed by atoms with Gasteiger partial charge >= 0.3 is 5.97 Å². The second kappa shape index (κ2) is 14.8. The van der Waals surface area contributed by atoms with Gasteiger partial charge in [-0.05, 0) is 104 Å². The van der Waals surface area contributed by atoms with Crippen LogP contribution in [0.15, 0.2) is 108 Å². The number of carbonyl (C=O) groups is 1. The van der Waals surface area contributed by atoms with Gasteiger partial charge in [-0.1, -0.05) is 72.8 Å². The molecule has 2 aliphatic rings. The van der Waals surface area contributed by atoms with Crippen molar-refractivity contribution in [2.24, 2.45) is 11.3 Å². The van der Waals surface area contributed by atoms with Crippen LogP contribution in [0.3, 0.4) is 0 Å². The normalized spacial score (nSPS) is 19.2. The first-order valence-electron chi connectivity index (χ1n) is 17.0. The molecular weight excluding hydrogens is 651 g/mol. The molecule has 2 heterocycles. The monoisotopic (exact) mass is 695 g/mol. The van der Waals surface area contributed by atoms with Crippen LogP contribution in [0.2, 0.25) is 0 Å². The van der Waals surface area contributed by atoms with Crippen LogP contribution in [-0.4, -0.2) is 50.1 Å². The number of aliphatic carboxylic acids is 1. The van der Waals surface area contributed by atoms with Crippen LogP contribution in [0.1, 0.15) is 54.5 Å². The summed E-state index contributed by atoms with van der Waals surface area (Å²) in [4.78, 5) is 11.6. The molecule has 0 amide bonds. The number of rotatable bonds is 11. The van der Waals surface area contributed by atoms with Crippen molar-refractivity contribution in [3.8, 4) is 22.6 Å². The molecule has 6 rings (SSSR count). The van der Waals surface area contributed by atoms with Crippen molar-refractivity contribution in [3.63, 3.8) is 0 Å². The van der Waals surface area contributed by atoms with Gasteiger partial charge in [-0.25, -0.2) is 13.2 Å². The third-order valence-electron chi connectivity index (χ3n) is 10.0. The lowest BCUT2D eigenvalue weighted by molar-refractivity contribution is -0.139. The molecule has 0 bridgehead atoms. The number of hydrogen-bond donors (Lipinski definition) is 1. The van der Waals surface area contributed by atoms with Crippen LogP contribution in [-0.2, 0) is 26.2 Å². The molecule has 0 saturated carbocycles. The maximum Gasteiger partial charge on any atom is 0.341 e. The molecule has 50 heavy (non-hydrogen) atoms. The fourth-order valence-electron chi connectivity index (χ4n) is 7.34. The van der Waals surface area contributed by atoms with E-state index < -0.39 is 22.6 Å². The Morgan fingerprint density at radius 3 is 2.34 bits per heavy atom. The first kappa shape index (κ1) is 35.4. The Hall–Kier alpha value is -4.44. The largest absolute Gasteiger partial charge is 0.489 e. The summed E-state index contributed by atoms with van der Waals surface area (Å²) in [5, 5.41) is 9.28. The van der Waals surface area contributed by atoms with Gasteiger partial charge in [0, 0.05) is 24.6 Å². The molecule has 0 aromatic heterocycles. The molecule has 1 N–H and O–H groups in total. The van der Waals surface area contributed by atoms with E-state index in [0.29, 0.717) is 50.6 Å². The maximum absolute atomic E-state index is 14.0. The number of benzene rings is 4. The zero-order valence-electron chi connectivity index (χ0n) is 28.9. The van der Waals surface area contributed by atoms with E-state index in [1.807, 2.05) is 87.5 Å². The third-order valence-corrected chi connectivity index (χ3v) is 11.9. The van der Waals surface area contributed by atoms with Crippen molar-refractivity contribution >= 4 is 16.0 Å². The van der Waals surface area contributed by atoms with Crippen LogP contribution in [0.4, 0.5) is 0 Å². The van der Waals surface area contributed by atoms with Gasteiger partial charge in [0.2, 0.25) is 10.0 Å². The summed E-state index contributed by atoms with van der Waals surface area (Å²) >= 11 is 0. The molecule has 262 valence electrons. The van der Waals surface area contributed by atoms with E-state index in [1.54, 1.807) is 22.5 Å². The smallest absolute Gasteiger partial charge is 0.341 e. The molecule has 1 spiro atoms. The second-order valence-corrected chi connectivity index (χ2v) is 15.7. The third kappa shape index (κ3) is 7.80. The van der Waals surface area contributed by atoms with Crippen LogP contribution in [0.25, 0.3) is 11.1 Å². The minimum atomic E-state index is -3.74. The highest BCUT2D eigenvalue weighted by atomic mass is 32.2. The zero-order chi connectivity index (χ0) is 35.5. The fourth-order valence-corrected chi connectivity index (χ4v) is 8.82. The first-order valence-corrected chi connectivity index (χ1v) is 18.5. The summed E-state index contributed by atoms with van der Waals surface area (Å²) in [6.45, 7) is 11.5. The highest BCUT2D eigenvalue weighted by molar-refractivity contribution is 7.89. The van der Waals surface area contributed by atoms with Crippen LogP contribution < -0.4 is 9.47 Å². The Labute approximate surface area is 295 Å². The minimum Gasteiger partial charge on any atom is -0.489 e. The van der Waals surface area contributed by atoms with E-state index in [1.165, 1.54) is 0 Å². The predicted molar refractivity (Wildman–Crippen MR) is 194 cm³/mol. The van der Waals surface area contributed by atoms with Gasteiger partial charge in [0.15, 0.2) is 6.61 Å². The van der Waals surface area contributed by atoms with Gasteiger partial charge in [0.05, 0.1) is 17.6 Å². The number of piperidine rings is 1. The predicted octanol–water partition coefficient (Wildman–Crippen LogP) is 8.14. The SMILES string of the molecule is C=C(C)[C@H]1CC2(CCN(S(=O)(=O)c3cccc(-c4cccc(OCc5ccccc5)c4)c3)CC2)CO[C@@H]1c1c(C)cc(C)cc1OCC(=O)O. The Bertz CT molecular complexity index is 1970. The van der Waals surface area contributed by atoms with Crippen molar-refractivity contribution in [1.82, 2.24) is 4.31 Å². The number of carboxylic acid groups (broad SMARTS) is 1. The quantitative estimate of drug-likeness (QED) is 0.158. The van der Waals surface area contributed by atoms with Crippen molar-refractivity contribution in [3.05, 3.63) is 125 Å². The average molecular weight is 696 g/mol. The highest BCUT2D eigenvalue weighted by Gasteiger charge is 2.46. The summed E-state index contributed by atoms with van der Waals surface area (Å²) in [5.74, 6) is 0.158. The van der Waals surface area contributed by atoms with Crippen molar-refractivity contribution in [1.29, 1.82) is 0 Å². The molecule has 4 aromatic rings. The Morgan fingerprint density at radius 1 is 0.940 bits per heavy atom. The van der Waals surface area contributed by atoms with Crippen molar-refractivity contribution in [2.45, 2.75) is 57.6 Å². The molecule has 2 atom stereocenters. The highest BCUT2D eigenvalue weighted by Crippen LogP contribution is 2.52. The van der Waals surface area contributed by atoms with Gasteiger partial charge in [-0.15, -0.1) is 0 Å². The topological polar surface area (TPSA) is 102 Å². The van der Waals surface area contributed by atoms with Crippen LogP contribution in [0.5, 0.6) is 11.5 Å². The van der Waals surface area contributed by atoms with E-state index in [9.17, 15) is 18.3 Å². The molecule has 8 nitrogen and oxygen atoms in total. The van der Waals surface area contributed by atoms with E-state index in [2.05, 4.69) is 12.6 Å². The number of sulfonamides is 1. The van der Waals surface area contributed by atoms with Crippen LogP contribution >= 0.6 is 0 Å². The zero-order valence-corrected chi connectivity index (χ0v) is 29.7. The van der Waals surface area contributed by atoms with E-state index in [0.717, 1.165) is 45.4 Å². The van der Waals surface area contributed by atoms with Crippen molar-refractivity contribution < 1.29 is 32.5 Å². The maximum atomic E-state index is 14.0. The van der Waals surface area contributed by atoms with E-state index >= 15 is 0 Å². The molecule has 0 unspecified atom stereocenters. The number of aryl methyl sites for hydroxylation is 2. The summed E-state index contributed by atoms with van der Waals surface area (Å²) in [5.41, 5.74) is 6.34. The van der Waals surface area contributed by atoms with Gasteiger partial charge in [0.25, 0.3) is 0 Å². The molecule has 0 aliphatic carbocycles. The fraction of sp³-hybridized carbons (Fsp3) is 0.341. The number of ether oxygens (including phenoxy) is 3. The lowest BCUT2D eigenvalue weighted by Gasteiger charge is -2.49. The lowest BCUT2D eigenvalue weighted by atomic mass is 9.67. The minimum absolute atomic E-state index is 0.0374. The standard InChI is InChI=1S/C41H45NO7S/c1-28(2)36-24-41(27-49-40(36)39-30(4)20-29(3)21-37(39)48-26-38(43)44)16-18-42(19-17-41)50(45,46)35-15-9-13-33(23-35)32-12-8-14-34(22-32)47-25-31-10-6-5-7-11-31/h5-15,20-23,36,40H,1,16-19,24-27H2,2-4H3,(H,43,44)/t36-,40+/m1/s1. The van der Waals surface area contributed by atoms with Crippen molar-refractivity contribution in [2.75, 3.05) is 26.3 Å². The summed E-state index contributed by atoms with van der Waals surface area (Å²) < 4.78 is 48.0. The molecular formula is C41H45NO7S. The summed E-state index contributed by atoms with van der Waals surface area (Å²) in [6, 6.07) is 28.7. The summed E-state index contributed by atoms with van der Waals surface area (Å²) in [6.07, 6.45) is 1.79. The van der Waals surface area contributed by atoms with E-state index in [4.69, 9.17) is 14.2 Å². The molecule has 0 radical (unpaired) electrons. The average Bonchev–Trinajstić information content (AvgIpc) is 3.11. The van der Waals surface area contributed by atoms with E-state index in [-0.39, 0.29) is 22.3 Å². The summed E-state index contributed by atoms with van der Waals surface area (Å²) in [7, 11) is -3.74. The van der Waals surface area contributed by atoms with Gasteiger partial charge < -0.3 is 19.3 Å². The molecule has 9 heteroatoms. The lowest BCUT2D eigenvalue weighted by Crippen LogP contribution is -2.48. The van der Waals surface area contributed by atoms with Crippen LogP contribution in [0, 0.1) is 25.2 Å². The van der Waals surface area contributed by atoms with Gasteiger partial charge in [-0.3, -0.25) is 0 Å². The first-order chi connectivity index (χ1) is 23.9. The number of carboxylic acids is 1. The Morgan fingerprint density at radius 2 is 1.64 bits per heavy atom. The molecule has 2 saturated heterocycles. The number of nitrogens with zero attached hydrogens (tertiary/aromatic N) is 1.